The first-order valence-corrected chi connectivity index (χ1v) is 8.58. The van der Waals surface area contributed by atoms with Crippen LogP contribution in [-0.2, 0) is 0 Å². The van der Waals surface area contributed by atoms with Gasteiger partial charge in [0.25, 0.3) is 11.8 Å². The molecule has 0 unspecified atom stereocenters. The van der Waals surface area contributed by atoms with Gasteiger partial charge in [0.2, 0.25) is 0 Å². The SMILES string of the molecule is COc1cc(C(=O)N2CCCN2C(=O)c2conc2C)nc2ccccc12. The number of hydrogen-bond acceptors (Lipinski definition) is 6. The number of pyridine rings is 1. The highest BCUT2D eigenvalue weighted by Crippen LogP contribution is 2.27. The fourth-order valence-electron chi connectivity index (χ4n) is 3.22. The molecule has 1 aliphatic heterocycles. The predicted molar refractivity (Wildman–Crippen MR) is 96.2 cm³/mol. The molecule has 2 amide bonds. The molecule has 8 nitrogen and oxygen atoms in total. The summed E-state index contributed by atoms with van der Waals surface area (Å²) in [6.45, 7) is 2.57. The quantitative estimate of drug-likeness (QED) is 0.707. The fourth-order valence-corrected chi connectivity index (χ4v) is 3.22. The minimum absolute atomic E-state index is 0.229. The molecule has 8 heteroatoms. The number of methoxy groups -OCH3 is 1. The van der Waals surface area contributed by atoms with Crippen molar-refractivity contribution in [2.24, 2.45) is 0 Å². The molecule has 0 saturated carbocycles. The van der Waals surface area contributed by atoms with Gasteiger partial charge in [-0.05, 0) is 25.5 Å². The van der Waals surface area contributed by atoms with E-state index in [1.807, 2.05) is 24.3 Å². The number of carbonyl (C=O) groups is 2. The maximum Gasteiger partial charge on any atom is 0.291 e. The van der Waals surface area contributed by atoms with Crippen LogP contribution >= 0.6 is 0 Å². The summed E-state index contributed by atoms with van der Waals surface area (Å²) in [6, 6.07) is 9.05. The average Bonchev–Trinajstić information content (AvgIpc) is 3.35. The first kappa shape index (κ1) is 17.0. The Morgan fingerprint density at radius 2 is 1.89 bits per heavy atom. The van der Waals surface area contributed by atoms with Crippen LogP contribution in [0.4, 0.5) is 0 Å². The third-order valence-electron chi connectivity index (χ3n) is 4.60. The lowest BCUT2D eigenvalue weighted by Gasteiger charge is -2.27. The van der Waals surface area contributed by atoms with E-state index in [2.05, 4.69) is 10.1 Å². The van der Waals surface area contributed by atoms with Gasteiger partial charge < -0.3 is 9.26 Å². The van der Waals surface area contributed by atoms with Gasteiger partial charge in [-0.2, -0.15) is 0 Å². The van der Waals surface area contributed by atoms with E-state index in [0.29, 0.717) is 42.0 Å². The molecule has 1 saturated heterocycles. The standard InChI is InChI=1S/C19H18N4O4/c1-12-14(11-27-21-12)18(24)22-8-5-9-23(22)19(25)16-10-17(26-2)13-6-3-4-7-15(13)20-16/h3-4,6-7,10-11H,5,8-9H2,1-2H3. The number of nitrogens with zero attached hydrogens (tertiary/aromatic N) is 4. The molecule has 3 heterocycles. The second-order valence-electron chi connectivity index (χ2n) is 6.25. The Balaban J connectivity index is 1.68. The van der Waals surface area contributed by atoms with Crippen molar-refractivity contribution in [1.82, 2.24) is 20.2 Å². The Kier molecular flexibility index (Phi) is 4.23. The van der Waals surface area contributed by atoms with Gasteiger partial charge in [-0.15, -0.1) is 0 Å². The van der Waals surface area contributed by atoms with E-state index in [4.69, 9.17) is 9.26 Å². The summed E-state index contributed by atoms with van der Waals surface area (Å²) in [4.78, 5) is 30.4. The summed E-state index contributed by atoms with van der Waals surface area (Å²) in [5.74, 6) is -0.0951. The Bertz CT molecular complexity index is 1030. The van der Waals surface area contributed by atoms with Crippen LogP contribution in [0.1, 0.15) is 33.0 Å². The number of benzene rings is 1. The summed E-state index contributed by atoms with van der Waals surface area (Å²) in [7, 11) is 1.55. The van der Waals surface area contributed by atoms with E-state index >= 15 is 0 Å². The number of aryl methyl sites for hydroxylation is 1. The number of aromatic nitrogens is 2. The zero-order chi connectivity index (χ0) is 19.0. The van der Waals surface area contributed by atoms with Gasteiger partial charge in [0.05, 0.1) is 18.3 Å². The van der Waals surface area contributed by atoms with Crippen LogP contribution < -0.4 is 4.74 Å². The second kappa shape index (κ2) is 6.71. The van der Waals surface area contributed by atoms with Crippen LogP contribution in [0.25, 0.3) is 10.9 Å². The highest BCUT2D eigenvalue weighted by atomic mass is 16.5. The van der Waals surface area contributed by atoms with Crippen LogP contribution in [0, 0.1) is 6.92 Å². The lowest BCUT2D eigenvalue weighted by molar-refractivity contribution is 0.0181. The minimum Gasteiger partial charge on any atom is -0.496 e. The van der Waals surface area contributed by atoms with E-state index in [1.54, 1.807) is 20.1 Å². The first-order valence-electron chi connectivity index (χ1n) is 8.58. The molecule has 138 valence electrons. The van der Waals surface area contributed by atoms with Gasteiger partial charge in [-0.1, -0.05) is 17.3 Å². The monoisotopic (exact) mass is 366 g/mol. The van der Waals surface area contributed by atoms with Crippen LogP contribution in [0.3, 0.4) is 0 Å². The number of rotatable bonds is 3. The fraction of sp³-hybridized carbons (Fsp3) is 0.263. The molecular weight excluding hydrogens is 348 g/mol. The summed E-state index contributed by atoms with van der Waals surface area (Å²) in [6.07, 6.45) is 1.99. The molecule has 0 atom stereocenters. The van der Waals surface area contributed by atoms with Crippen molar-refractivity contribution in [3.05, 3.63) is 53.5 Å². The minimum atomic E-state index is -0.348. The predicted octanol–water partition coefficient (Wildman–Crippen LogP) is 2.44. The van der Waals surface area contributed by atoms with Crippen molar-refractivity contribution in [3.8, 4) is 5.75 Å². The van der Waals surface area contributed by atoms with Crippen LogP contribution in [0.5, 0.6) is 5.75 Å². The van der Waals surface area contributed by atoms with Crippen LogP contribution in [-0.4, -0.2) is 52.2 Å². The van der Waals surface area contributed by atoms with Crippen molar-refractivity contribution in [2.75, 3.05) is 20.2 Å². The van der Waals surface area contributed by atoms with Crippen molar-refractivity contribution in [1.29, 1.82) is 0 Å². The maximum absolute atomic E-state index is 13.1. The first-order chi connectivity index (χ1) is 13.1. The van der Waals surface area contributed by atoms with Crippen molar-refractivity contribution in [2.45, 2.75) is 13.3 Å². The molecule has 0 aliphatic carbocycles. The van der Waals surface area contributed by atoms with E-state index in [0.717, 1.165) is 5.39 Å². The van der Waals surface area contributed by atoms with Crippen LogP contribution in [0.2, 0.25) is 0 Å². The van der Waals surface area contributed by atoms with Gasteiger partial charge in [-0.25, -0.2) is 15.0 Å². The van der Waals surface area contributed by atoms with Gasteiger partial charge in [-0.3, -0.25) is 9.59 Å². The number of carbonyl (C=O) groups excluding carboxylic acids is 2. The molecule has 0 bridgehead atoms. The number of fused-ring (bicyclic) bond motifs is 1. The third kappa shape index (κ3) is 2.88. The second-order valence-corrected chi connectivity index (χ2v) is 6.25. The van der Waals surface area contributed by atoms with Gasteiger partial charge in [0.1, 0.15) is 23.3 Å². The van der Waals surface area contributed by atoms with Gasteiger partial charge >= 0.3 is 0 Å². The lowest BCUT2D eigenvalue weighted by atomic mass is 10.1. The average molecular weight is 366 g/mol. The highest BCUT2D eigenvalue weighted by Gasteiger charge is 2.34. The van der Waals surface area contributed by atoms with Crippen molar-refractivity contribution >= 4 is 22.7 Å². The lowest BCUT2D eigenvalue weighted by Crippen LogP contribution is -2.45. The number of hydrogen-bond donors (Lipinski definition) is 0. The van der Waals surface area contributed by atoms with Crippen LogP contribution in [0.15, 0.2) is 41.1 Å². The smallest absolute Gasteiger partial charge is 0.291 e. The zero-order valence-electron chi connectivity index (χ0n) is 15.0. The molecule has 0 N–H and O–H groups in total. The van der Waals surface area contributed by atoms with Crippen molar-refractivity contribution < 1.29 is 18.8 Å². The number of hydrazine groups is 1. The summed E-state index contributed by atoms with van der Waals surface area (Å²) < 4.78 is 10.3. The number of amides is 2. The normalized spacial score (nSPS) is 14.0. The Morgan fingerprint density at radius 3 is 2.59 bits per heavy atom. The van der Waals surface area contributed by atoms with E-state index in [1.165, 1.54) is 16.3 Å². The van der Waals surface area contributed by atoms with E-state index in [9.17, 15) is 9.59 Å². The van der Waals surface area contributed by atoms with Crippen molar-refractivity contribution in [3.63, 3.8) is 0 Å². The van der Waals surface area contributed by atoms with Gasteiger partial charge in [0.15, 0.2) is 0 Å². The molecule has 27 heavy (non-hydrogen) atoms. The molecular formula is C19H18N4O4. The number of ether oxygens (including phenoxy) is 1. The molecule has 1 aromatic carbocycles. The Hall–Kier alpha value is -3.42. The van der Waals surface area contributed by atoms with E-state index < -0.39 is 0 Å². The Morgan fingerprint density at radius 1 is 1.15 bits per heavy atom. The van der Waals surface area contributed by atoms with Gasteiger partial charge in [0, 0.05) is 24.5 Å². The third-order valence-corrected chi connectivity index (χ3v) is 4.60. The summed E-state index contributed by atoms with van der Waals surface area (Å²) >= 11 is 0. The molecule has 0 spiro atoms. The van der Waals surface area contributed by atoms with E-state index in [-0.39, 0.29) is 17.5 Å². The number of para-hydroxylation sites is 1. The molecule has 3 aromatic rings. The maximum atomic E-state index is 13.1. The molecule has 0 radical (unpaired) electrons. The summed E-state index contributed by atoms with van der Waals surface area (Å²) in [5, 5.41) is 7.41. The summed E-state index contributed by atoms with van der Waals surface area (Å²) in [5.41, 5.74) is 1.72. The molecule has 1 aliphatic rings. The highest BCUT2D eigenvalue weighted by molar-refractivity contribution is 6.00. The Labute approximate surface area is 155 Å². The molecule has 4 rings (SSSR count). The zero-order valence-corrected chi connectivity index (χ0v) is 15.0. The molecule has 2 aromatic heterocycles. The topological polar surface area (TPSA) is 88.8 Å². The molecule has 1 fully saturated rings. The largest absolute Gasteiger partial charge is 0.496 e.